The van der Waals surface area contributed by atoms with Crippen LogP contribution in [0.15, 0.2) is 22.6 Å². The molecule has 1 aromatic carbocycles. The van der Waals surface area contributed by atoms with E-state index in [1.807, 2.05) is 0 Å². The molecule has 2 heterocycles. The van der Waals surface area contributed by atoms with E-state index in [9.17, 15) is 22.8 Å². The third-order valence-electron chi connectivity index (χ3n) is 5.15. The van der Waals surface area contributed by atoms with E-state index in [1.165, 1.54) is 11.0 Å². The van der Waals surface area contributed by atoms with Gasteiger partial charge < -0.3 is 24.1 Å². The van der Waals surface area contributed by atoms with Gasteiger partial charge in [0.1, 0.15) is 11.4 Å². The van der Waals surface area contributed by atoms with E-state index in [2.05, 4.69) is 15.5 Å². The standard InChI is InChI=1S/C22H25F3N4O5/c1-21(2,3)34-20(31)29-9-8-13(11-29)26-17(30)19-28-27-18(33-19)15-10-12(22(23,24)25)4-7-16(15)32-14-5-6-14/h4,7,10,13-14H,5-6,8-9,11H2,1-3H3,(H,26,30)/t13-/m1/s1. The summed E-state index contributed by atoms with van der Waals surface area (Å²) in [4.78, 5) is 26.3. The SMILES string of the molecule is CC(C)(C)OC(=O)N1CC[C@@H](NC(=O)c2nnc(-c3cc(C(F)(F)F)ccc3OC3CC3)o2)C1. The van der Waals surface area contributed by atoms with Crippen molar-refractivity contribution in [1.29, 1.82) is 0 Å². The highest BCUT2D eigenvalue weighted by Crippen LogP contribution is 2.39. The predicted octanol–water partition coefficient (Wildman–Crippen LogP) is 4.04. The van der Waals surface area contributed by atoms with Crippen LogP contribution >= 0.6 is 0 Å². The highest BCUT2D eigenvalue weighted by Gasteiger charge is 2.34. The number of nitrogens with one attached hydrogen (secondary N) is 1. The van der Waals surface area contributed by atoms with Gasteiger partial charge in [0.05, 0.1) is 17.2 Å². The molecule has 1 saturated heterocycles. The van der Waals surface area contributed by atoms with Crippen molar-refractivity contribution in [2.24, 2.45) is 0 Å². The second-order valence-electron chi connectivity index (χ2n) is 9.32. The van der Waals surface area contributed by atoms with E-state index < -0.39 is 35.2 Å². The Morgan fingerprint density at radius 2 is 1.88 bits per heavy atom. The zero-order valence-electron chi connectivity index (χ0n) is 18.9. The van der Waals surface area contributed by atoms with Crippen molar-refractivity contribution in [3.8, 4) is 17.2 Å². The van der Waals surface area contributed by atoms with Crippen LogP contribution in [0.4, 0.5) is 18.0 Å². The van der Waals surface area contributed by atoms with Gasteiger partial charge >= 0.3 is 24.1 Å². The molecule has 184 valence electrons. The number of benzene rings is 1. The van der Waals surface area contributed by atoms with Crippen LogP contribution in [0, 0.1) is 0 Å². The van der Waals surface area contributed by atoms with Crippen LogP contribution in [0.1, 0.15) is 56.3 Å². The van der Waals surface area contributed by atoms with Crippen molar-refractivity contribution in [2.75, 3.05) is 13.1 Å². The molecule has 0 bridgehead atoms. The number of aromatic nitrogens is 2. The summed E-state index contributed by atoms with van der Waals surface area (Å²) in [6.45, 7) is 5.94. The predicted molar refractivity (Wildman–Crippen MR) is 112 cm³/mol. The van der Waals surface area contributed by atoms with Crippen molar-refractivity contribution < 1.29 is 36.7 Å². The molecule has 9 nitrogen and oxygen atoms in total. The molecule has 1 N–H and O–H groups in total. The molecule has 1 aliphatic carbocycles. The Bertz CT molecular complexity index is 1080. The summed E-state index contributed by atoms with van der Waals surface area (Å²) in [5.41, 5.74) is -1.57. The smallest absolute Gasteiger partial charge is 0.416 e. The molecule has 0 unspecified atom stereocenters. The van der Waals surface area contributed by atoms with Gasteiger partial charge in [0.2, 0.25) is 0 Å². The summed E-state index contributed by atoms with van der Waals surface area (Å²) in [6, 6.07) is 2.63. The average molecular weight is 482 g/mol. The lowest BCUT2D eigenvalue weighted by atomic mass is 10.1. The summed E-state index contributed by atoms with van der Waals surface area (Å²) < 4.78 is 56.1. The second-order valence-corrected chi connectivity index (χ2v) is 9.32. The van der Waals surface area contributed by atoms with Crippen LogP contribution in [-0.2, 0) is 10.9 Å². The van der Waals surface area contributed by atoms with Crippen molar-refractivity contribution >= 4 is 12.0 Å². The fraction of sp³-hybridized carbons (Fsp3) is 0.545. The van der Waals surface area contributed by atoms with Crippen molar-refractivity contribution in [3.63, 3.8) is 0 Å². The van der Waals surface area contributed by atoms with Gasteiger partial charge in [-0.25, -0.2) is 4.79 Å². The summed E-state index contributed by atoms with van der Waals surface area (Å²) in [6.07, 6.45) is -3.01. The molecule has 1 atom stereocenters. The first-order valence-corrected chi connectivity index (χ1v) is 10.9. The molecule has 34 heavy (non-hydrogen) atoms. The summed E-state index contributed by atoms with van der Waals surface area (Å²) in [5.74, 6) is -1.17. The third-order valence-corrected chi connectivity index (χ3v) is 5.15. The number of carbonyl (C=O) groups is 2. The summed E-state index contributed by atoms with van der Waals surface area (Å²) >= 11 is 0. The average Bonchev–Trinajstić information content (AvgIpc) is 3.22. The monoisotopic (exact) mass is 482 g/mol. The number of rotatable bonds is 5. The maximum Gasteiger partial charge on any atom is 0.416 e. The molecular formula is C22H25F3N4O5. The van der Waals surface area contributed by atoms with E-state index >= 15 is 0 Å². The lowest BCUT2D eigenvalue weighted by Gasteiger charge is -2.24. The van der Waals surface area contributed by atoms with Gasteiger partial charge in [0.15, 0.2) is 0 Å². The van der Waals surface area contributed by atoms with E-state index in [-0.39, 0.29) is 35.9 Å². The van der Waals surface area contributed by atoms with E-state index in [4.69, 9.17) is 13.9 Å². The number of amides is 2. The van der Waals surface area contributed by atoms with Crippen LogP contribution in [0.3, 0.4) is 0 Å². The van der Waals surface area contributed by atoms with Gasteiger partial charge in [-0.05, 0) is 58.2 Å². The van der Waals surface area contributed by atoms with Gasteiger partial charge in [-0.2, -0.15) is 13.2 Å². The van der Waals surface area contributed by atoms with Crippen molar-refractivity contribution in [1.82, 2.24) is 20.4 Å². The first-order chi connectivity index (χ1) is 15.9. The first kappa shape index (κ1) is 23.8. The Balaban J connectivity index is 1.45. The molecule has 1 saturated carbocycles. The van der Waals surface area contributed by atoms with E-state index in [0.717, 1.165) is 25.0 Å². The number of nitrogens with zero attached hydrogens (tertiary/aromatic N) is 3. The van der Waals surface area contributed by atoms with Crippen molar-refractivity contribution in [3.05, 3.63) is 29.7 Å². The maximum absolute atomic E-state index is 13.2. The van der Waals surface area contributed by atoms with Gasteiger partial charge in [-0.3, -0.25) is 4.79 Å². The fourth-order valence-corrected chi connectivity index (χ4v) is 3.38. The lowest BCUT2D eigenvalue weighted by molar-refractivity contribution is -0.137. The molecule has 0 radical (unpaired) electrons. The van der Waals surface area contributed by atoms with Gasteiger partial charge in [0, 0.05) is 19.1 Å². The molecule has 0 spiro atoms. The largest absolute Gasteiger partial charge is 0.490 e. The Morgan fingerprint density at radius 3 is 2.53 bits per heavy atom. The number of carbonyl (C=O) groups excluding carboxylic acids is 2. The van der Waals surface area contributed by atoms with E-state index in [0.29, 0.717) is 13.0 Å². The van der Waals surface area contributed by atoms with Crippen molar-refractivity contribution in [2.45, 2.75) is 64.0 Å². The fourth-order valence-electron chi connectivity index (χ4n) is 3.38. The molecule has 12 heteroatoms. The quantitative estimate of drug-likeness (QED) is 0.686. The summed E-state index contributed by atoms with van der Waals surface area (Å²) in [7, 11) is 0. The Morgan fingerprint density at radius 1 is 1.15 bits per heavy atom. The van der Waals surface area contributed by atoms with Gasteiger partial charge in [0.25, 0.3) is 5.89 Å². The number of alkyl halides is 3. The first-order valence-electron chi connectivity index (χ1n) is 10.9. The molecule has 2 fully saturated rings. The van der Waals surface area contributed by atoms with Gasteiger partial charge in [-0.1, -0.05) is 0 Å². The molecule has 2 aliphatic rings. The zero-order chi connectivity index (χ0) is 24.7. The summed E-state index contributed by atoms with van der Waals surface area (Å²) in [5, 5.41) is 10.2. The minimum absolute atomic E-state index is 0.0368. The molecule has 1 aromatic heterocycles. The number of ether oxygens (including phenoxy) is 2. The second kappa shape index (κ2) is 8.80. The third kappa shape index (κ3) is 5.78. The highest BCUT2D eigenvalue weighted by molar-refractivity contribution is 5.90. The van der Waals surface area contributed by atoms with E-state index in [1.54, 1.807) is 20.8 Å². The topological polar surface area (TPSA) is 107 Å². The van der Waals surface area contributed by atoms with Crippen LogP contribution in [0.25, 0.3) is 11.5 Å². The molecule has 2 amide bonds. The Hall–Kier alpha value is -3.31. The Labute approximate surface area is 193 Å². The molecular weight excluding hydrogens is 457 g/mol. The van der Waals surface area contributed by atoms with Crippen LogP contribution in [0.5, 0.6) is 5.75 Å². The van der Waals surface area contributed by atoms with Crippen LogP contribution in [-0.4, -0.2) is 57.9 Å². The van der Waals surface area contributed by atoms with Gasteiger partial charge in [-0.15, -0.1) is 10.2 Å². The normalized spacial score (nSPS) is 18.6. The molecule has 1 aliphatic heterocycles. The maximum atomic E-state index is 13.2. The van der Waals surface area contributed by atoms with Crippen LogP contribution < -0.4 is 10.1 Å². The zero-order valence-corrected chi connectivity index (χ0v) is 18.9. The molecule has 4 rings (SSSR count). The number of hydrogen-bond acceptors (Lipinski definition) is 7. The minimum atomic E-state index is -4.57. The minimum Gasteiger partial charge on any atom is -0.490 e. The number of halogens is 3. The number of likely N-dealkylation sites (tertiary alicyclic amines) is 1. The van der Waals surface area contributed by atoms with Crippen LogP contribution in [0.2, 0.25) is 0 Å². The number of hydrogen-bond donors (Lipinski definition) is 1. The lowest BCUT2D eigenvalue weighted by Crippen LogP contribution is -2.40. The Kier molecular flexibility index (Phi) is 6.17. The molecule has 2 aromatic rings. The highest BCUT2D eigenvalue weighted by atomic mass is 19.4.